The lowest BCUT2D eigenvalue weighted by molar-refractivity contribution is -0.121. The van der Waals surface area contributed by atoms with Gasteiger partial charge in [0.05, 0.1) is 0 Å². The molecule has 0 aromatic heterocycles. The maximum Gasteiger partial charge on any atom is 0.251 e. The third kappa shape index (κ3) is 6.48. The maximum atomic E-state index is 12.1. The molecule has 0 aliphatic carbocycles. The van der Waals surface area contributed by atoms with Gasteiger partial charge in [-0.05, 0) is 41.8 Å². The third-order valence-electron chi connectivity index (χ3n) is 4.69. The zero-order chi connectivity index (χ0) is 21.2. The zero-order valence-corrected chi connectivity index (χ0v) is 17.1. The normalized spacial score (nSPS) is 10.3. The Bertz CT molecular complexity index is 969. The molecule has 0 unspecified atom stereocenters. The van der Waals surface area contributed by atoms with Crippen molar-refractivity contribution in [2.75, 3.05) is 6.54 Å². The summed E-state index contributed by atoms with van der Waals surface area (Å²) in [5.74, 6) is 0.578. The summed E-state index contributed by atoms with van der Waals surface area (Å²) >= 11 is 0. The zero-order valence-electron chi connectivity index (χ0n) is 17.1. The molecule has 5 heteroatoms. The first-order valence-electron chi connectivity index (χ1n) is 9.98. The van der Waals surface area contributed by atoms with Crippen LogP contribution in [0.2, 0.25) is 0 Å². The van der Waals surface area contributed by atoms with E-state index in [2.05, 4.69) is 10.6 Å². The summed E-state index contributed by atoms with van der Waals surface area (Å²) in [6.07, 6.45) is 0.237. The highest BCUT2D eigenvalue weighted by Crippen LogP contribution is 2.12. The first-order chi connectivity index (χ1) is 14.6. The Morgan fingerprint density at radius 3 is 2.20 bits per heavy atom. The van der Waals surface area contributed by atoms with E-state index in [0.717, 1.165) is 22.4 Å². The van der Waals surface area contributed by atoms with Gasteiger partial charge < -0.3 is 15.4 Å². The van der Waals surface area contributed by atoms with Gasteiger partial charge in [-0.2, -0.15) is 0 Å². The summed E-state index contributed by atoms with van der Waals surface area (Å²) in [5, 5.41) is 5.67. The van der Waals surface area contributed by atoms with E-state index in [1.54, 1.807) is 6.07 Å². The SMILES string of the molecule is Cc1ccccc1C(=O)NCCC(=O)NCc1ccc(COc2ccccc2)cc1. The molecule has 154 valence electrons. The molecule has 0 saturated carbocycles. The number of hydrogen-bond donors (Lipinski definition) is 2. The quantitative estimate of drug-likeness (QED) is 0.568. The Morgan fingerprint density at radius 2 is 1.47 bits per heavy atom. The lowest BCUT2D eigenvalue weighted by Gasteiger charge is -2.09. The summed E-state index contributed by atoms with van der Waals surface area (Å²) in [6, 6.07) is 25.0. The van der Waals surface area contributed by atoms with E-state index in [-0.39, 0.29) is 18.2 Å². The summed E-state index contributed by atoms with van der Waals surface area (Å²) in [5.41, 5.74) is 3.62. The van der Waals surface area contributed by atoms with Gasteiger partial charge in [0.15, 0.2) is 0 Å². The number of benzene rings is 3. The van der Waals surface area contributed by atoms with E-state index in [9.17, 15) is 9.59 Å². The number of para-hydroxylation sites is 1. The second-order valence-electron chi connectivity index (χ2n) is 7.02. The predicted molar refractivity (Wildman–Crippen MR) is 117 cm³/mol. The van der Waals surface area contributed by atoms with Crippen LogP contribution in [0.5, 0.6) is 5.75 Å². The third-order valence-corrected chi connectivity index (χ3v) is 4.69. The number of nitrogens with one attached hydrogen (secondary N) is 2. The van der Waals surface area contributed by atoms with Gasteiger partial charge in [-0.15, -0.1) is 0 Å². The summed E-state index contributed by atoms with van der Waals surface area (Å²) < 4.78 is 5.73. The smallest absolute Gasteiger partial charge is 0.251 e. The van der Waals surface area contributed by atoms with E-state index in [0.29, 0.717) is 25.3 Å². The fourth-order valence-corrected chi connectivity index (χ4v) is 2.94. The van der Waals surface area contributed by atoms with Crippen molar-refractivity contribution < 1.29 is 14.3 Å². The van der Waals surface area contributed by atoms with E-state index < -0.39 is 0 Å². The highest BCUT2D eigenvalue weighted by atomic mass is 16.5. The molecule has 0 fully saturated rings. The predicted octanol–water partition coefficient (Wildman–Crippen LogP) is 4.01. The van der Waals surface area contributed by atoms with Crippen molar-refractivity contribution in [3.05, 3.63) is 101 Å². The minimum absolute atomic E-state index is 0.100. The molecule has 5 nitrogen and oxygen atoms in total. The van der Waals surface area contributed by atoms with Gasteiger partial charge in [-0.25, -0.2) is 0 Å². The van der Waals surface area contributed by atoms with Crippen LogP contribution in [0.3, 0.4) is 0 Å². The maximum absolute atomic E-state index is 12.1. The van der Waals surface area contributed by atoms with Crippen LogP contribution in [0.1, 0.15) is 33.5 Å². The van der Waals surface area contributed by atoms with Gasteiger partial charge in [0, 0.05) is 25.1 Å². The van der Waals surface area contributed by atoms with Crippen molar-refractivity contribution in [1.29, 1.82) is 0 Å². The van der Waals surface area contributed by atoms with Crippen LogP contribution in [0.15, 0.2) is 78.9 Å². The minimum atomic E-state index is -0.158. The Balaban J connectivity index is 1.36. The van der Waals surface area contributed by atoms with E-state index in [1.807, 2.05) is 79.7 Å². The fraction of sp³-hybridized carbons (Fsp3) is 0.200. The lowest BCUT2D eigenvalue weighted by atomic mass is 10.1. The highest BCUT2D eigenvalue weighted by molar-refractivity contribution is 5.95. The number of rotatable bonds is 9. The Hall–Kier alpha value is -3.60. The summed E-state index contributed by atoms with van der Waals surface area (Å²) in [7, 11) is 0. The number of carbonyl (C=O) groups is 2. The van der Waals surface area contributed by atoms with Gasteiger partial charge in [-0.1, -0.05) is 60.7 Å². The van der Waals surface area contributed by atoms with Crippen LogP contribution in [-0.2, 0) is 17.9 Å². The molecule has 2 amide bonds. The number of ether oxygens (including phenoxy) is 1. The van der Waals surface area contributed by atoms with Crippen molar-refractivity contribution in [2.24, 2.45) is 0 Å². The first kappa shape index (κ1) is 21.1. The van der Waals surface area contributed by atoms with E-state index >= 15 is 0 Å². The second kappa shape index (κ2) is 10.8. The highest BCUT2D eigenvalue weighted by Gasteiger charge is 2.08. The Morgan fingerprint density at radius 1 is 0.800 bits per heavy atom. The van der Waals surface area contributed by atoms with Gasteiger partial charge in [-0.3, -0.25) is 9.59 Å². The Labute approximate surface area is 177 Å². The van der Waals surface area contributed by atoms with Crippen LogP contribution >= 0.6 is 0 Å². The molecule has 30 heavy (non-hydrogen) atoms. The molecule has 0 atom stereocenters. The molecule has 0 bridgehead atoms. The van der Waals surface area contributed by atoms with Gasteiger partial charge >= 0.3 is 0 Å². The summed E-state index contributed by atoms with van der Waals surface area (Å²) in [6.45, 7) is 3.14. The van der Waals surface area contributed by atoms with E-state index in [4.69, 9.17) is 4.74 Å². The molecule has 0 aliphatic heterocycles. The van der Waals surface area contributed by atoms with Crippen LogP contribution in [-0.4, -0.2) is 18.4 Å². The lowest BCUT2D eigenvalue weighted by Crippen LogP contribution is -2.30. The van der Waals surface area contributed by atoms with Crippen LogP contribution in [0.25, 0.3) is 0 Å². The Kier molecular flexibility index (Phi) is 7.61. The number of amides is 2. The van der Waals surface area contributed by atoms with Crippen LogP contribution in [0.4, 0.5) is 0 Å². The van der Waals surface area contributed by atoms with Gasteiger partial charge in [0.1, 0.15) is 12.4 Å². The first-order valence-corrected chi connectivity index (χ1v) is 9.98. The average molecular weight is 402 g/mol. The second-order valence-corrected chi connectivity index (χ2v) is 7.02. The van der Waals surface area contributed by atoms with Crippen LogP contribution < -0.4 is 15.4 Å². The largest absolute Gasteiger partial charge is 0.489 e. The standard InChI is InChI=1S/C25H26N2O3/c1-19-7-5-6-10-23(19)25(29)26-16-15-24(28)27-17-20-11-13-21(14-12-20)18-30-22-8-3-2-4-9-22/h2-14H,15-18H2,1H3,(H,26,29)(H,27,28). The minimum Gasteiger partial charge on any atom is -0.489 e. The van der Waals surface area contributed by atoms with Crippen molar-refractivity contribution in [3.8, 4) is 5.75 Å². The number of carbonyl (C=O) groups excluding carboxylic acids is 2. The molecular formula is C25H26N2O3. The molecule has 3 rings (SSSR count). The molecule has 0 saturated heterocycles. The molecule has 3 aromatic carbocycles. The van der Waals surface area contributed by atoms with Crippen molar-refractivity contribution in [3.63, 3.8) is 0 Å². The van der Waals surface area contributed by atoms with Gasteiger partial charge in [0.2, 0.25) is 5.91 Å². The topological polar surface area (TPSA) is 67.4 Å². The molecule has 0 aliphatic rings. The van der Waals surface area contributed by atoms with Crippen molar-refractivity contribution >= 4 is 11.8 Å². The van der Waals surface area contributed by atoms with Crippen molar-refractivity contribution in [1.82, 2.24) is 10.6 Å². The number of aryl methyl sites for hydroxylation is 1. The van der Waals surface area contributed by atoms with Crippen LogP contribution in [0, 0.1) is 6.92 Å². The van der Waals surface area contributed by atoms with Crippen molar-refractivity contribution in [2.45, 2.75) is 26.5 Å². The fourth-order valence-electron chi connectivity index (χ4n) is 2.94. The molecule has 0 heterocycles. The number of hydrogen-bond acceptors (Lipinski definition) is 3. The monoisotopic (exact) mass is 402 g/mol. The molecule has 0 spiro atoms. The molecule has 2 N–H and O–H groups in total. The van der Waals surface area contributed by atoms with Gasteiger partial charge in [0.25, 0.3) is 5.91 Å². The summed E-state index contributed by atoms with van der Waals surface area (Å²) in [4.78, 5) is 24.2. The molecule has 0 radical (unpaired) electrons. The molecule has 3 aromatic rings. The van der Waals surface area contributed by atoms with E-state index in [1.165, 1.54) is 0 Å². The molecular weight excluding hydrogens is 376 g/mol. The average Bonchev–Trinajstić information content (AvgIpc) is 2.78.